The molecule has 1 saturated heterocycles. The summed E-state index contributed by atoms with van der Waals surface area (Å²) in [6.45, 7) is 3.41. The summed E-state index contributed by atoms with van der Waals surface area (Å²) in [6.07, 6.45) is -2.94. The van der Waals surface area contributed by atoms with Crippen molar-refractivity contribution in [2.45, 2.75) is 119 Å². The van der Waals surface area contributed by atoms with E-state index in [-0.39, 0.29) is 43.9 Å². The summed E-state index contributed by atoms with van der Waals surface area (Å²) in [7, 11) is 0. The number of esters is 1. The van der Waals surface area contributed by atoms with Gasteiger partial charge in [-0.15, -0.1) is 0 Å². The Hall–Kier alpha value is -1.15. The van der Waals surface area contributed by atoms with Crippen LogP contribution in [0, 0.1) is 28.6 Å². The van der Waals surface area contributed by atoms with Crippen molar-refractivity contribution in [2.24, 2.45) is 28.6 Å². The highest BCUT2D eigenvalue weighted by Crippen LogP contribution is 2.70. The molecule has 0 amide bonds. The van der Waals surface area contributed by atoms with Gasteiger partial charge in [-0.1, -0.05) is 6.92 Å². The third-order valence-electron chi connectivity index (χ3n) is 12.1. The lowest BCUT2D eigenvalue weighted by atomic mass is 9.40. The highest BCUT2D eigenvalue weighted by molar-refractivity contribution is 5.85. The number of rotatable bonds is 4. The predicted octanol–water partition coefficient (Wildman–Crippen LogP) is -0.486. The smallest absolute Gasteiger partial charge is 0.331 e. The number of carbonyl (C=O) groups excluding carboxylic acids is 1. The molecule has 0 bridgehead atoms. The molecule has 6 aliphatic rings. The second-order valence-electron chi connectivity index (χ2n) is 13.7. The minimum atomic E-state index is -1.46. The number of aliphatic hydroxyl groups excluding tert-OH is 5. The number of aliphatic hydroxyl groups is 7. The molecule has 11 heteroatoms. The Morgan fingerprint density at radius 1 is 1.00 bits per heavy atom. The van der Waals surface area contributed by atoms with Crippen LogP contribution in [0.4, 0.5) is 0 Å². The van der Waals surface area contributed by atoms with Crippen molar-refractivity contribution in [3.63, 3.8) is 0 Å². The van der Waals surface area contributed by atoms with Crippen LogP contribution >= 0.6 is 0 Å². The van der Waals surface area contributed by atoms with Gasteiger partial charge >= 0.3 is 5.97 Å². The number of fused-ring (bicyclic) bond motifs is 5. The summed E-state index contributed by atoms with van der Waals surface area (Å²) in [4.78, 5) is 11.8. The zero-order valence-corrected chi connectivity index (χ0v) is 23.2. The summed E-state index contributed by atoms with van der Waals surface area (Å²) >= 11 is 0. The minimum Gasteiger partial charge on any atom is -0.458 e. The largest absolute Gasteiger partial charge is 0.458 e. The van der Waals surface area contributed by atoms with Crippen LogP contribution in [0.3, 0.4) is 0 Å². The van der Waals surface area contributed by atoms with Crippen molar-refractivity contribution < 1.29 is 54.8 Å². The Morgan fingerprint density at radius 3 is 2.42 bits per heavy atom. The summed E-state index contributed by atoms with van der Waals surface area (Å²) in [6, 6.07) is 0. The Kier molecular flexibility index (Phi) is 7.01. The fourth-order valence-electron chi connectivity index (χ4n) is 10.0. The SMILES string of the molecule is C[C@@H]1O[C@H](O[C@@H]2CC[C@]3(CO)[C@H]4[C@H](O)C[C@]5(C)[C@H](C6=CC(=O)OC6)CC[C@]5(O)[C@@H]4CC[C@]3(O)C2)[C@H](O)[C@H](O)[C@H]1O. The maximum atomic E-state index is 12.4. The van der Waals surface area contributed by atoms with Gasteiger partial charge in [0.15, 0.2) is 6.29 Å². The van der Waals surface area contributed by atoms with Crippen molar-refractivity contribution in [3.05, 3.63) is 11.6 Å². The van der Waals surface area contributed by atoms with Crippen LogP contribution in [0.5, 0.6) is 0 Å². The highest BCUT2D eigenvalue weighted by atomic mass is 16.7. The molecule has 0 radical (unpaired) electrons. The van der Waals surface area contributed by atoms with Crippen LogP contribution in [-0.2, 0) is 19.0 Å². The lowest BCUT2D eigenvalue weighted by Crippen LogP contribution is -2.72. The Bertz CT molecular complexity index is 1050. The van der Waals surface area contributed by atoms with Gasteiger partial charge in [-0.3, -0.25) is 0 Å². The van der Waals surface area contributed by atoms with Crippen LogP contribution < -0.4 is 0 Å². The average molecular weight is 569 g/mol. The van der Waals surface area contributed by atoms with Gasteiger partial charge in [-0.2, -0.15) is 0 Å². The molecule has 0 aromatic heterocycles. The maximum absolute atomic E-state index is 12.4. The molecule has 0 spiro atoms. The molecule has 11 nitrogen and oxygen atoms in total. The van der Waals surface area contributed by atoms with E-state index >= 15 is 0 Å². The molecule has 7 N–H and O–H groups in total. The fraction of sp³-hybridized carbons (Fsp3) is 0.897. The zero-order valence-electron chi connectivity index (χ0n) is 23.2. The molecule has 0 unspecified atom stereocenters. The van der Waals surface area contributed by atoms with Crippen molar-refractivity contribution in [1.29, 1.82) is 0 Å². The van der Waals surface area contributed by atoms with E-state index in [4.69, 9.17) is 14.2 Å². The van der Waals surface area contributed by atoms with Gasteiger partial charge in [0.2, 0.25) is 0 Å². The second-order valence-corrected chi connectivity index (χ2v) is 13.7. The van der Waals surface area contributed by atoms with Crippen molar-refractivity contribution >= 4 is 5.97 Å². The van der Waals surface area contributed by atoms with Crippen molar-refractivity contribution in [2.75, 3.05) is 13.2 Å². The third-order valence-corrected chi connectivity index (χ3v) is 12.1. The van der Waals surface area contributed by atoms with Crippen molar-refractivity contribution in [1.82, 2.24) is 0 Å². The molecule has 0 aromatic rings. The first-order valence-corrected chi connectivity index (χ1v) is 14.8. The Morgan fingerprint density at radius 2 is 1.75 bits per heavy atom. The van der Waals surface area contributed by atoms with E-state index in [2.05, 4.69) is 0 Å². The summed E-state index contributed by atoms with van der Waals surface area (Å²) in [5, 5.41) is 77.8. The number of carbonyl (C=O) groups is 1. The molecule has 0 aromatic carbocycles. The van der Waals surface area contributed by atoms with Gasteiger partial charge in [0.25, 0.3) is 0 Å². The number of hydrogen-bond donors (Lipinski definition) is 7. The normalized spacial score (nSPS) is 56.1. The molecule has 5 fully saturated rings. The van der Waals surface area contributed by atoms with Gasteiger partial charge < -0.3 is 50.0 Å². The second kappa shape index (κ2) is 9.68. The lowest BCUT2D eigenvalue weighted by Gasteiger charge is -2.67. The molecular weight excluding hydrogens is 524 g/mol. The van der Waals surface area contributed by atoms with Crippen molar-refractivity contribution in [3.8, 4) is 0 Å². The fourth-order valence-corrected chi connectivity index (χ4v) is 10.0. The quantitative estimate of drug-likeness (QED) is 0.171. The molecule has 40 heavy (non-hydrogen) atoms. The monoisotopic (exact) mass is 568 g/mol. The number of hydrogen-bond acceptors (Lipinski definition) is 11. The average Bonchev–Trinajstić information content (AvgIpc) is 3.45. The summed E-state index contributed by atoms with van der Waals surface area (Å²) < 4.78 is 16.8. The summed E-state index contributed by atoms with van der Waals surface area (Å²) in [5.41, 5.74) is -3.43. The Labute approximate surface area is 233 Å². The molecule has 6 rings (SSSR count). The van der Waals surface area contributed by atoms with E-state index in [9.17, 15) is 40.5 Å². The van der Waals surface area contributed by atoms with E-state index in [1.807, 2.05) is 6.92 Å². The van der Waals surface area contributed by atoms with Gasteiger partial charge in [0, 0.05) is 29.2 Å². The van der Waals surface area contributed by atoms with Crippen LogP contribution in [0.25, 0.3) is 0 Å². The molecule has 2 aliphatic heterocycles. The third kappa shape index (κ3) is 3.85. The van der Waals surface area contributed by atoms with Crippen LogP contribution in [0.1, 0.15) is 65.2 Å². The van der Waals surface area contributed by atoms with Crippen LogP contribution in [0.15, 0.2) is 11.6 Å². The Balaban J connectivity index is 1.25. The van der Waals surface area contributed by atoms with E-state index < -0.39 is 70.9 Å². The first-order valence-electron chi connectivity index (χ1n) is 14.8. The molecule has 226 valence electrons. The number of ether oxygens (including phenoxy) is 3. The van der Waals surface area contributed by atoms with E-state index in [1.165, 1.54) is 6.08 Å². The first-order chi connectivity index (χ1) is 18.8. The first kappa shape index (κ1) is 28.9. The minimum absolute atomic E-state index is 0.104. The molecule has 4 aliphatic carbocycles. The molecule has 4 saturated carbocycles. The van der Waals surface area contributed by atoms with E-state index in [0.717, 1.165) is 5.57 Å². The molecule has 2 heterocycles. The zero-order chi connectivity index (χ0) is 28.8. The lowest BCUT2D eigenvalue weighted by molar-refractivity contribution is -0.327. The van der Waals surface area contributed by atoms with Gasteiger partial charge in [-0.25, -0.2) is 4.79 Å². The highest BCUT2D eigenvalue weighted by Gasteiger charge is 2.73. The van der Waals surface area contributed by atoms with E-state index in [1.54, 1.807) is 6.92 Å². The van der Waals surface area contributed by atoms with E-state index in [0.29, 0.717) is 38.5 Å². The van der Waals surface area contributed by atoms with Gasteiger partial charge in [0.05, 0.1) is 36.1 Å². The van der Waals surface area contributed by atoms with Crippen LogP contribution in [0.2, 0.25) is 0 Å². The topological polar surface area (TPSA) is 186 Å². The van der Waals surface area contributed by atoms with Gasteiger partial charge in [-0.05, 0) is 69.3 Å². The maximum Gasteiger partial charge on any atom is 0.331 e. The standard InChI is InChI=1S/C29H44O11/c1-14-22(33)23(34)24(35)25(39-14)40-16-3-6-27(13-30)21-18(4-7-28(27,36)10-16)29(37)8-5-17(15-9-20(32)38-12-15)26(29,2)11-19(21)31/h9,14,16-19,21-25,30-31,33-37H,3-8,10-13H2,1-2H3/t14-,16+,17-,18+,19+,21+,22-,23+,24+,25+,26+,27-,28-,29-/m0/s1. The predicted molar refractivity (Wildman–Crippen MR) is 137 cm³/mol. The van der Waals surface area contributed by atoms with Crippen LogP contribution in [-0.4, -0.2) is 109 Å². The molecule has 14 atom stereocenters. The van der Waals surface area contributed by atoms with Gasteiger partial charge in [0.1, 0.15) is 24.9 Å². The molecular formula is C29H44O11. The number of cyclic esters (lactones) is 1. The summed E-state index contributed by atoms with van der Waals surface area (Å²) in [5.74, 6) is -1.38.